The summed E-state index contributed by atoms with van der Waals surface area (Å²) in [5, 5.41) is 19.4. The molecular formula is C12H5ClFN3O3. The largest absolute Gasteiger partial charge is 0.431 e. The molecule has 8 heteroatoms. The summed E-state index contributed by atoms with van der Waals surface area (Å²) < 4.78 is 18.7. The number of hydrogen-bond donors (Lipinski definition) is 0. The maximum absolute atomic E-state index is 13.6. The van der Waals surface area contributed by atoms with Crippen LogP contribution in [0.2, 0.25) is 5.15 Å². The second-order valence-electron chi connectivity index (χ2n) is 3.57. The quantitative estimate of drug-likeness (QED) is 0.491. The number of halogens is 2. The van der Waals surface area contributed by atoms with Gasteiger partial charge in [-0.25, -0.2) is 4.39 Å². The van der Waals surface area contributed by atoms with Crippen LogP contribution in [0.15, 0.2) is 30.3 Å². The summed E-state index contributed by atoms with van der Waals surface area (Å²) in [6.45, 7) is 0. The van der Waals surface area contributed by atoms with E-state index in [1.165, 1.54) is 18.2 Å². The van der Waals surface area contributed by atoms with E-state index in [4.69, 9.17) is 21.6 Å². The smallest absolute Gasteiger partial charge is 0.331 e. The van der Waals surface area contributed by atoms with Gasteiger partial charge in [-0.05, 0) is 24.3 Å². The molecule has 2 rings (SSSR count). The fourth-order valence-corrected chi connectivity index (χ4v) is 1.52. The molecule has 0 aliphatic heterocycles. The number of aromatic nitrogens is 1. The Hall–Kier alpha value is -2.72. The molecule has 0 spiro atoms. The molecule has 1 aromatic carbocycles. The molecule has 0 fully saturated rings. The van der Waals surface area contributed by atoms with Gasteiger partial charge in [-0.2, -0.15) is 10.2 Å². The second-order valence-corrected chi connectivity index (χ2v) is 3.96. The van der Waals surface area contributed by atoms with Crippen molar-refractivity contribution in [3.05, 3.63) is 57.0 Å². The topological polar surface area (TPSA) is 89.0 Å². The lowest BCUT2D eigenvalue weighted by Crippen LogP contribution is -1.97. The van der Waals surface area contributed by atoms with Crippen LogP contribution >= 0.6 is 11.6 Å². The molecule has 6 nitrogen and oxygen atoms in total. The SMILES string of the molecule is N#Cc1ccc(Oc2nc(Cl)ccc2[N+](=O)[O-])c(F)c1. The minimum absolute atomic E-state index is 0.0281. The minimum Gasteiger partial charge on any atom is -0.431 e. The summed E-state index contributed by atoms with van der Waals surface area (Å²) in [6, 6.07) is 7.53. The van der Waals surface area contributed by atoms with Gasteiger partial charge in [0.1, 0.15) is 5.15 Å². The molecule has 0 amide bonds. The normalized spacial score (nSPS) is 9.85. The number of nitriles is 1. The third kappa shape index (κ3) is 2.81. The van der Waals surface area contributed by atoms with E-state index >= 15 is 0 Å². The predicted octanol–water partition coefficient (Wildman–Crippen LogP) is 3.45. The van der Waals surface area contributed by atoms with Crippen molar-refractivity contribution in [3.8, 4) is 17.7 Å². The van der Waals surface area contributed by atoms with Gasteiger partial charge in [-0.3, -0.25) is 10.1 Å². The van der Waals surface area contributed by atoms with E-state index in [0.29, 0.717) is 0 Å². The number of benzene rings is 1. The third-order valence-corrected chi connectivity index (χ3v) is 2.48. The van der Waals surface area contributed by atoms with Gasteiger partial charge in [0, 0.05) is 6.07 Å². The summed E-state index contributed by atoms with van der Waals surface area (Å²) in [5.41, 5.74) is -0.346. The molecule has 1 heterocycles. The molecule has 0 aliphatic carbocycles. The fourth-order valence-electron chi connectivity index (χ4n) is 1.38. The van der Waals surface area contributed by atoms with Crippen LogP contribution in [0.5, 0.6) is 11.6 Å². The van der Waals surface area contributed by atoms with Crippen LogP contribution in [0.25, 0.3) is 0 Å². The van der Waals surface area contributed by atoms with Gasteiger partial charge in [-0.15, -0.1) is 0 Å². The highest BCUT2D eigenvalue weighted by molar-refractivity contribution is 6.29. The Morgan fingerprint density at radius 1 is 1.40 bits per heavy atom. The van der Waals surface area contributed by atoms with Gasteiger partial charge in [0.05, 0.1) is 16.6 Å². The Morgan fingerprint density at radius 3 is 2.75 bits per heavy atom. The van der Waals surface area contributed by atoms with Crippen LogP contribution in [-0.4, -0.2) is 9.91 Å². The summed E-state index contributed by atoms with van der Waals surface area (Å²) >= 11 is 5.62. The Bertz CT molecular complexity index is 730. The zero-order valence-corrected chi connectivity index (χ0v) is 10.5. The lowest BCUT2D eigenvalue weighted by Gasteiger charge is -2.06. The first-order valence-corrected chi connectivity index (χ1v) is 5.57. The molecule has 0 unspecified atom stereocenters. The van der Waals surface area contributed by atoms with Crippen molar-refractivity contribution < 1.29 is 14.1 Å². The van der Waals surface area contributed by atoms with Crippen LogP contribution in [-0.2, 0) is 0 Å². The van der Waals surface area contributed by atoms with Crippen molar-refractivity contribution in [2.24, 2.45) is 0 Å². The summed E-state index contributed by atoms with van der Waals surface area (Å²) in [4.78, 5) is 13.7. The lowest BCUT2D eigenvalue weighted by atomic mass is 10.2. The second kappa shape index (κ2) is 5.50. The molecule has 0 N–H and O–H groups in total. The summed E-state index contributed by atoms with van der Waals surface area (Å²) in [5.74, 6) is -1.55. The van der Waals surface area contributed by atoms with Crippen molar-refractivity contribution in [1.82, 2.24) is 4.98 Å². The van der Waals surface area contributed by atoms with Crippen molar-refractivity contribution in [3.63, 3.8) is 0 Å². The molecule has 100 valence electrons. The van der Waals surface area contributed by atoms with Crippen LogP contribution in [0.4, 0.5) is 10.1 Å². The van der Waals surface area contributed by atoms with E-state index in [9.17, 15) is 14.5 Å². The summed E-state index contributed by atoms with van der Waals surface area (Å²) in [6.07, 6.45) is 0. The fraction of sp³-hybridized carbons (Fsp3) is 0. The maximum atomic E-state index is 13.6. The Morgan fingerprint density at radius 2 is 2.15 bits per heavy atom. The molecule has 2 aromatic rings. The van der Waals surface area contributed by atoms with E-state index < -0.39 is 22.3 Å². The third-order valence-electron chi connectivity index (χ3n) is 2.27. The Kier molecular flexibility index (Phi) is 3.77. The number of nitro groups is 1. The van der Waals surface area contributed by atoms with Gasteiger partial charge in [0.25, 0.3) is 0 Å². The number of nitrogens with zero attached hydrogens (tertiary/aromatic N) is 3. The van der Waals surface area contributed by atoms with E-state index in [2.05, 4.69) is 4.98 Å². The molecule has 0 bridgehead atoms. The molecule has 1 aromatic heterocycles. The van der Waals surface area contributed by atoms with E-state index in [1.54, 1.807) is 6.07 Å². The first-order chi connectivity index (χ1) is 9.51. The van der Waals surface area contributed by atoms with Gasteiger partial charge in [0.2, 0.25) is 0 Å². The number of ether oxygens (including phenoxy) is 1. The first kappa shape index (κ1) is 13.7. The van der Waals surface area contributed by atoms with Crippen molar-refractivity contribution >= 4 is 17.3 Å². The van der Waals surface area contributed by atoms with Crippen molar-refractivity contribution in [1.29, 1.82) is 5.26 Å². The van der Waals surface area contributed by atoms with Crippen molar-refractivity contribution in [2.45, 2.75) is 0 Å². The van der Waals surface area contributed by atoms with E-state index in [1.807, 2.05) is 0 Å². The molecule has 0 saturated carbocycles. The highest BCUT2D eigenvalue weighted by atomic mass is 35.5. The van der Waals surface area contributed by atoms with Gasteiger partial charge in [0.15, 0.2) is 11.6 Å². The molecular weight excluding hydrogens is 289 g/mol. The minimum atomic E-state index is -0.833. The average Bonchev–Trinajstić information content (AvgIpc) is 2.40. The number of hydrogen-bond acceptors (Lipinski definition) is 5. The predicted molar refractivity (Wildman–Crippen MR) is 67.1 cm³/mol. The van der Waals surface area contributed by atoms with Crippen LogP contribution in [0.1, 0.15) is 5.56 Å². The van der Waals surface area contributed by atoms with Gasteiger partial charge >= 0.3 is 11.6 Å². The molecule has 0 radical (unpaired) electrons. The number of rotatable bonds is 3. The molecule has 0 atom stereocenters. The standard InChI is InChI=1S/C12H5ClFN3O3/c13-11-4-2-9(17(18)19)12(16-11)20-10-3-1-7(6-15)5-8(10)14/h1-5H. The summed E-state index contributed by atoms with van der Waals surface area (Å²) in [7, 11) is 0. The maximum Gasteiger partial charge on any atom is 0.331 e. The molecule has 20 heavy (non-hydrogen) atoms. The van der Waals surface area contributed by atoms with E-state index in [0.717, 1.165) is 12.1 Å². The zero-order valence-electron chi connectivity index (χ0n) is 9.71. The Labute approximate surface area is 117 Å². The van der Waals surface area contributed by atoms with E-state index in [-0.39, 0.29) is 16.5 Å². The van der Waals surface area contributed by atoms with Crippen LogP contribution in [0.3, 0.4) is 0 Å². The Balaban J connectivity index is 2.42. The molecule has 0 saturated heterocycles. The lowest BCUT2D eigenvalue weighted by molar-refractivity contribution is -0.386. The van der Waals surface area contributed by atoms with Gasteiger partial charge < -0.3 is 4.74 Å². The number of pyridine rings is 1. The zero-order chi connectivity index (χ0) is 14.7. The highest BCUT2D eigenvalue weighted by Crippen LogP contribution is 2.32. The monoisotopic (exact) mass is 293 g/mol. The average molecular weight is 294 g/mol. The van der Waals surface area contributed by atoms with Crippen molar-refractivity contribution in [2.75, 3.05) is 0 Å². The van der Waals surface area contributed by atoms with Crippen LogP contribution < -0.4 is 4.74 Å². The highest BCUT2D eigenvalue weighted by Gasteiger charge is 2.19. The van der Waals surface area contributed by atoms with Crippen LogP contribution in [0, 0.1) is 27.3 Å². The molecule has 0 aliphatic rings. The van der Waals surface area contributed by atoms with Gasteiger partial charge in [-0.1, -0.05) is 11.6 Å². The first-order valence-electron chi connectivity index (χ1n) is 5.19.